The molecule has 1 nitrogen and oxygen atoms in total. The fourth-order valence-corrected chi connectivity index (χ4v) is 3.81. The smallest absolute Gasteiger partial charge is 0.0408 e. The van der Waals surface area contributed by atoms with Crippen molar-refractivity contribution in [2.75, 3.05) is 13.1 Å². The lowest BCUT2D eigenvalue weighted by molar-refractivity contribution is 0.116. The van der Waals surface area contributed by atoms with Crippen LogP contribution in [0.5, 0.6) is 0 Å². The molecule has 0 heterocycles. The van der Waals surface area contributed by atoms with Gasteiger partial charge in [0.1, 0.15) is 0 Å². The number of nitrogens with one attached hydrogen (secondary N) is 1. The van der Waals surface area contributed by atoms with Crippen LogP contribution in [0.1, 0.15) is 45.6 Å². The molecule has 1 aliphatic rings. The van der Waals surface area contributed by atoms with E-state index in [0.717, 1.165) is 29.9 Å². The maximum absolute atomic E-state index is 6.13. The zero-order valence-electron chi connectivity index (χ0n) is 13.1. The minimum Gasteiger partial charge on any atom is -0.317 e. The lowest BCUT2D eigenvalue weighted by Gasteiger charge is -2.41. The highest BCUT2D eigenvalue weighted by Gasteiger charge is 2.34. The van der Waals surface area contributed by atoms with Crippen molar-refractivity contribution in [2.45, 2.75) is 46.5 Å². The topological polar surface area (TPSA) is 12.0 Å². The summed E-state index contributed by atoms with van der Waals surface area (Å²) in [5, 5.41) is 4.41. The highest BCUT2D eigenvalue weighted by molar-refractivity contribution is 6.30. The summed E-state index contributed by atoms with van der Waals surface area (Å²) in [6.07, 6.45) is 5.20. The van der Waals surface area contributed by atoms with Gasteiger partial charge in [0.2, 0.25) is 0 Å². The Labute approximate surface area is 129 Å². The first-order valence-corrected chi connectivity index (χ1v) is 8.33. The van der Waals surface area contributed by atoms with Gasteiger partial charge in [0.15, 0.2) is 0 Å². The second kappa shape index (κ2) is 6.95. The number of halogens is 1. The molecule has 0 aromatic heterocycles. The third-order valence-electron chi connectivity index (χ3n) is 4.72. The zero-order chi connectivity index (χ0) is 14.6. The van der Waals surface area contributed by atoms with E-state index in [4.69, 9.17) is 11.6 Å². The average molecular weight is 294 g/mol. The lowest BCUT2D eigenvalue weighted by atomic mass is 9.65. The molecule has 0 aliphatic heterocycles. The van der Waals surface area contributed by atoms with E-state index in [1.165, 1.54) is 31.2 Å². The van der Waals surface area contributed by atoms with Gasteiger partial charge >= 0.3 is 0 Å². The van der Waals surface area contributed by atoms with Crippen molar-refractivity contribution in [1.29, 1.82) is 0 Å². The van der Waals surface area contributed by atoms with E-state index in [1.54, 1.807) is 0 Å². The van der Waals surface area contributed by atoms with Crippen LogP contribution in [0.2, 0.25) is 5.02 Å². The highest BCUT2D eigenvalue weighted by atomic mass is 35.5. The summed E-state index contributed by atoms with van der Waals surface area (Å²) in [7, 11) is 0. The minimum absolute atomic E-state index is 0.492. The molecule has 1 fully saturated rings. The Morgan fingerprint density at radius 3 is 2.80 bits per heavy atom. The van der Waals surface area contributed by atoms with Gasteiger partial charge in [-0.1, -0.05) is 44.5 Å². The molecule has 2 heteroatoms. The highest BCUT2D eigenvalue weighted by Crippen LogP contribution is 2.43. The Morgan fingerprint density at radius 2 is 2.10 bits per heavy atom. The van der Waals surface area contributed by atoms with Gasteiger partial charge in [-0.05, 0) is 73.7 Å². The predicted molar refractivity (Wildman–Crippen MR) is 88.3 cm³/mol. The third-order valence-corrected chi connectivity index (χ3v) is 4.95. The van der Waals surface area contributed by atoms with Crippen LogP contribution >= 0.6 is 11.6 Å². The third kappa shape index (κ3) is 4.49. The van der Waals surface area contributed by atoms with Crippen LogP contribution in [0.4, 0.5) is 0 Å². The van der Waals surface area contributed by atoms with Gasteiger partial charge in [0, 0.05) is 5.02 Å². The summed E-state index contributed by atoms with van der Waals surface area (Å²) in [5.41, 5.74) is 1.88. The second-order valence-corrected chi connectivity index (χ2v) is 7.51. The Hall–Kier alpha value is -0.530. The van der Waals surface area contributed by atoms with Crippen LogP contribution in [0.15, 0.2) is 24.3 Å². The van der Waals surface area contributed by atoms with Gasteiger partial charge in [-0.25, -0.2) is 0 Å². The summed E-state index contributed by atoms with van der Waals surface area (Å²) in [4.78, 5) is 0. The molecule has 0 amide bonds. The van der Waals surface area contributed by atoms with Crippen molar-refractivity contribution < 1.29 is 0 Å². The molecule has 1 saturated carbocycles. The van der Waals surface area contributed by atoms with Gasteiger partial charge in [-0.3, -0.25) is 0 Å². The lowest BCUT2D eigenvalue weighted by Crippen LogP contribution is -2.37. The summed E-state index contributed by atoms with van der Waals surface area (Å²) >= 11 is 6.13. The van der Waals surface area contributed by atoms with Gasteiger partial charge in [-0.15, -0.1) is 0 Å². The van der Waals surface area contributed by atoms with Crippen molar-refractivity contribution in [3.05, 3.63) is 34.9 Å². The number of hydrogen-bond donors (Lipinski definition) is 1. The Balaban J connectivity index is 2.06. The Bertz CT molecular complexity index is 427. The molecule has 20 heavy (non-hydrogen) atoms. The van der Waals surface area contributed by atoms with Crippen LogP contribution in [0, 0.1) is 17.3 Å². The van der Waals surface area contributed by atoms with E-state index in [2.05, 4.69) is 44.3 Å². The van der Waals surface area contributed by atoms with Crippen LogP contribution in [0.25, 0.3) is 0 Å². The van der Waals surface area contributed by atoms with Crippen molar-refractivity contribution >= 4 is 11.6 Å². The molecular formula is C18H28ClN. The van der Waals surface area contributed by atoms with E-state index in [9.17, 15) is 0 Å². The van der Waals surface area contributed by atoms with Crippen molar-refractivity contribution in [1.82, 2.24) is 5.32 Å². The summed E-state index contributed by atoms with van der Waals surface area (Å²) in [6, 6.07) is 8.39. The van der Waals surface area contributed by atoms with Gasteiger partial charge in [-0.2, -0.15) is 0 Å². The fraction of sp³-hybridized carbons (Fsp3) is 0.667. The van der Waals surface area contributed by atoms with Gasteiger partial charge in [0.05, 0.1) is 0 Å². The standard InChI is InChI=1S/C18H28ClN/c1-4-20-13-15-8-9-18(2,3)12-16(15)10-14-6-5-7-17(19)11-14/h5-7,11,15-16,20H,4,8-10,12-13H2,1-3H3. The summed E-state index contributed by atoms with van der Waals surface area (Å²) < 4.78 is 0. The molecule has 0 spiro atoms. The molecule has 0 bridgehead atoms. The molecule has 2 atom stereocenters. The van der Waals surface area contributed by atoms with E-state index >= 15 is 0 Å². The maximum atomic E-state index is 6.13. The normalized spacial score (nSPS) is 25.6. The van der Waals surface area contributed by atoms with Crippen LogP contribution in [-0.2, 0) is 6.42 Å². The van der Waals surface area contributed by atoms with E-state index in [0.29, 0.717) is 5.41 Å². The second-order valence-electron chi connectivity index (χ2n) is 7.07. The number of rotatable bonds is 5. The number of hydrogen-bond acceptors (Lipinski definition) is 1. The first-order valence-electron chi connectivity index (χ1n) is 7.95. The maximum Gasteiger partial charge on any atom is 0.0408 e. The van der Waals surface area contributed by atoms with E-state index < -0.39 is 0 Å². The minimum atomic E-state index is 0.492. The first-order chi connectivity index (χ1) is 9.50. The molecule has 1 N–H and O–H groups in total. The molecule has 2 rings (SSSR count). The Kier molecular flexibility index (Phi) is 5.51. The molecule has 1 aliphatic carbocycles. The van der Waals surface area contributed by atoms with Crippen LogP contribution in [0.3, 0.4) is 0 Å². The summed E-state index contributed by atoms with van der Waals surface area (Å²) in [5.74, 6) is 1.58. The fourth-order valence-electron chi connectivity index (χ4n) is 3.59. The first kappa shape index (κ1) is 15.9. The van der Waals surface area contributed by atoms with Gasteiger partial charge < -0.3 is 5.32 Å². The molecule has 2 unspecified atom stereocenters. The van der Waals surface area contributed by atoms with Crippen LogP contribution < -0.4 is 5.32 Å². The molecular weight excluding hydrogens is 266 g/mol. The average Bonchev–Trinajstić information content (AvgIpc) is 2.37. The predicted octanol–water partition coefficient (Wildman–Crippen LogP) is 4.93. The van der Waals surface area contributed by atoms with Gasteiger partial charge in [0.25, 0.3) is 0 Å². The zero-order valence-corrected chi connectivity index (χ0v) is 13.8. The van der Waals surface area contributed by atoms with E-state index in [1.807, 2.05) is 6.07 Å². The molecule has 112 valence electrons. The van der Waals surface area contributed by atoms with E-state index in [-0.39, 0.29) is 0 Å². The van der Waals surface area contributed by atoms with Crippen molar-refractivity contribution in [3.63, 3.8) is 0 Å². The largest absolute Gasteiger partial charge is 0.317 e. The monoisotopic (exact) mass is 293 g/mol. The van der Waals surface area contributed by atoms with Crippen molar-refractivity contribution in [3.8, 4) is 0 Å². The number of benzene rings is 1. The molecule has 0 radical (unpaired) electrons. The van der Waals surface area contributed by atoms with Crippen LogP contribution in [-0.4, -0.2) is 13.1 Å². The Morgan fingerprint density at radius 1 is 1.30 bits per heavy atom. The molecule has 0 saturated heterocycles. The quantitative estimate of drug-likeness (QED) is 0.811. The van der Waals surface area contributed by atoms with Crippen molar-refractivity contribution in [2.24, 2.45) is 17.3 Å². The molecule has 1 aromatic rings. The summed E-state index contributed by atoms with van der Waals surface area (Å²) in [6.45, 7) is 9.27. The SMILES string of the molecule is CCNCC1CCC(C)(C)CC1Cc1cccc(Cl)c1. The molecule has 1 aromatic carbocycles.